The number of H-pyrrole nitrogens is 1. The van der Waals surface area contributed by atoms with Crippen LogP contribution in [-0.4, -0.2) is 151 Å². The SMILES string of the molecule is CC(C)C[C@H](NC(=O)CNC(=O)[C@H](CC(C)C)NC(=O)[C@@H]1CCCN1C(=O)[C@H](CCC(=O)O)NC(=O)[C@H](CC(C)C)NC(=O)[C@@H](N)CC(C)C)C(=O)N[C@@H](Cc1cnc[nH]1)C(=O)N[C@@H](CS)C(=O)O. The molecular formula is C45H75N11O12S. The predicted molar refractivity (Wildman–Crippen MR) is 256 cm³/mol. The molecule has 12 N–H and O–H groups in total. The highest BCUT2D eigenvalue weighted by atomic mass is 32.1. The lowest BCUT2D eigenvalue weighted by atomic mass is 10.00. The number of carbonyl (C=O) groups excluding carboxylic acids is 8. The summed E-state index contributed by atoms with van der Waals surface area (Å²) in [4.78, 5) is 140. The van der Waals surface area contributed by atoms with Gasteiger partial charge in [-0.2, -0.15) is 12.6 Å². The second-order valence-electron chi connectivity index (χ2n) is 19.2. The van der Waals surface area contributed by atoms with Gasteiger partial charge in [-0.25, -0.2) is 9.78 Å². The molecule has 8 amide bonds. The Morgan fingerprint density at radius 1 is 0.696 bits per heavy atom. The van der Waals surface area contributed by atoms with E-state index >= 15 is 0 Å². The molecule has 1 aromatic heterocycles. The van der Waals surface area contributed by atoms with E-state index in [2.05, 4.69) is 59.8 Å². The fraction of sp³-hybridized carbons (Fsp3) is 0.711. The van der Waals surface area contributed by atoms with Gasteiger partial charge in [-0.1, -0.05) is 55.4 Å². The third-order valence-corrected chi connectivity index (χ3v) is 11.4. The standard InChI is InChI=1S/C45H75N11O12S/c1-23(2)14-28(46)38(60)52-32(17-26(7)8)41(63)51-29(11-12-37(58)59)44(66)56-13-9-10-35(56)43(65)54-30(15-24(3)4)39(61)48-20-36(57)50-31(16-25(5)6)40(62)53-33(18-27-19-47-22-49-27)42(64)55-34(21-69)45(67)68/h19,22-26,28-35,69H,9-18,20-21,46H2,1-8H3,(H,47,49)(H,48,61)(H,50,57)(H,51,63)(H,52,60)(H,53,62)(H,54,65)(H,55,64)(H,58,59)(H,67,68)/t28-,29-,30-,31-,32-,33-,34-,35-/m0/s1. The molecule has 0 unspecified atom stereocenters. The first-order valence-electron chi connectivity index (χ1n) is 23.5. The normalized spacial score (nSPS) is 16.7. The molecule has 1 aromatic rings. The fourth-order valence-corrected chi connectivity index (χ4v) is 7.91. The average molecular weight is 994 g/mol. The van der Waals surface area contributed by atoms with E-state index in [4.69, 9.17) is 5.73 Å². The summed E-state index contributed by atoms with van der Waals surface area (Å²) in [6.45, 7) is 14.2. The van der Waals surface area contributed by atoms with Crippen LogP contribution in [0.2, 0.25) is 0 Å². The number of amides is 8. The van der Waals surface area contributed by atoms with Gasteiger partial charge >= 0.3 is 11.9 Å². The lowest BCUT2D eigenvalue weighted by Gasteiger charge is -2.31. The summed E-state index contributed by atoms with van der Waals surface area (Å²) in [6.07, 6.45) is 3.25. The van der Waals surface area contributed by atoms with Crippen molar-refractivity contribution in [2.24, 2.45) is 29.4 Å². The van der Waals surface area contributed by atoms with Crippen LogP contribution in [0.25, 0.3) is 0 Å². The number of imidazole rings is 1. The molecule has 1 aliphatic rings. The van der Waals surface area contributed by atoms with Crippen molar-refractivity contribution in [1.82, 2.24) is 52.1 Å². The van der Waals surface area contributed by atoms with Crippen LogP contribution in [-0.2, 0) is 54.4 Å². The van der Waals surface area contributed by atoms with Crippen LogP contribution in [0.5, 0.6) is 0 Å². The van der Waals surface area contributed by atoms with E-state index in [0.717, 1.165) is 0 Å². The lowest BCUT2D eigenvalue weighted by molar-refractivity contribution is -0.143. The Morgan fingerprint density at radius 2 is 1.20 bits per heavy atom. The van der Waals surface area contributed by atoms with Crippen molar-refractivity contribution in [2.75, 3.05) is 18.8 Å². The van der Waals surface area contributed by atoms with Gasteiger partial charge in [0.2, 0.25) is 47.3 Å². The van der Waals surface area contributed by atoms with Crippen molar-refractivity contribution in [3.05, 3.63) is 18.2 Å². The minimum atomic E-state index is -1.38. The van der Waals surface area contributed by atoms with Gasteiger partial charge in [0.25, 0.3) is 0 Å². The third-order valence-electron chi connectivity index (χ3n) is 11.0. The number of likely N-dealkylation sites (tertiary alicyclic amines) is 1. The second-order valence-corrected chi connectivity index (χ2v) is 19.6. The molecule has 1 fully saturated rings. The summed E-state index contributed by atoms with van der Waals surface area (Å²) in [5.74, 6) is -8.78. The summed E-state index contributed by atoms with van der Waals surface area (Å²) in [5.41, 5.74) is 6.53. The van der Waals surface area contributed by atoms with Gasteiger partial charge in [0.15, 0.2) is 0 Å². The largest absolute Gasteiger partial charge is 0.481 e. The van der Waals surface area contributed by atoms with Crippen LogP contribution in [0.15, 0.2) is 12.5 Å². The maximum absolute atomic E-state index is 14.2. The second kappa shape index (κ2) is 29.3. The van der Waals surface area contributed by atoms with Crippen LogP contribution < -0.4 is 43.0 Å². The van der Waals surface area contributed by atoms with E-state index in [1.165, 1.54) is 17.4 Å². The van der Waals surface area contributed by atoms with Gasteiger partial charge in [0.1, 0.15) is 42.3 Å². The smallest absolute Gasteiger partial charge is 0.327 e. The Hall–Kier alpha value is -5.78. The van der Waals surface area contributed by atoms with E-state index in [1.807, 2.05) is 41.5 Å². The Balaban J connectivity index is 2.22. The summed E-state index contributed by atoms with van der Waals surface area (Å²) in [5, 5.41) is 37.0. The van der Waals surface area contributed by atoms with Crippen LogP contribution in [0.4, 0.5) is 0 Å². The van der Waals surface area contributed by atoms with Crippen molar-refractivity contribution < 1.29 is 58.2 Å². The predicted octanol–water partition coefficient (Wildman–Crippen LogP) is -0.641. The van der Waals surface area contributed by atoms with Crippen LogP contribution in [0.3, 0.4) is 0 Å². The number of aliphatic carboxylic acids is 2. The highest BCUT2D eigenvalue weighted by Crippen LogP contribution is 2.21. The van der Waals surface area contributed by atoms with Gasteiger partial charge in [0, 0.05) is 37.0 Å². The Bertz CT molecular complexity index is 1920. The molecule has 0 radical (unpaired) electrons. The quantitative estimate of drug-likeness (QED) is 0.0427. The molecule has 388 valence electrons. The molecule has 69 heavy (non-hydrogen) atoms. The first-order valence-corrected chi connectivity index (χ1v) is 24.1. The highest BCUT2D eigenvalue weighted by molar-refractivity contribution is 7.80. The summed E-state index contributed by atoms with van der Waals surface area (Å²) >= 11 is 3.98. The van der Waals surface area contributed by atoms with E-state index in [1.54, 1.807) is 13.8 Å². The van der Waals surface area contributed by atoms with Gasteiger partial charge in [-0.05, 0) is 68.6 Å². The number of carboxylic acid groups (broad SMARTS) is 2. The minimum Gasteiger partial charge on any atom is -0.481 e. The number of hydrogen-bond donors (Lipinski definition) is 12. The molecule has 2 rings (SSSR count). The Morgan fingerprint density at radius 3 is 1.71 bits per heavy atom. The number of hydrogen-bond acceptors (Lipinski definition) is 13. The Kier molecular flexibility index (Phi) is 25.2. The number of rotatable bonds is 30. The van der Waals surface area contributed by atoms with Gasteiger partial charge in [-0.3, -0.25) is 43.2 Å². The number of aromatic amines is 1. The summed E-state index contributed by atoms with van der Waals surface area (Å²) in [6, 6.07) is -9.47. The van der Waals surface area contributed by atoms with Crippen molar-refractivity contribution >= 4 is 71.8 Å². The summed E-state index contributed by atoms with van der Waals surface area (Å²) < 4.78 is 0. The fourth-order valence-electron chi connectivity index (χ4n) is 7.66. The third kappa shape index (κ3) is 21.2. The van der Waals surface area contributed by atoms with Crippen LogP contribution >= 0.6 is 12.6 Å². The topological polar surface area (TPSA) is 353 Å². The molecule has 0 spiro atoms. The van der Waals surface area contributed by atoms with E-state index in [9.17, 15) is 58.2 Å². The Labute approximate surface area is 408 Å². The molecule has 0 aromatic carbocycles. The van der Waals surface area contributed by atoms with Crippen LogP contribution in [0.1, 0.15) is 112 Å². The van der Waals surface area contributed by atoms with Crippen LogP contribution in [0, 0.1) is 23.7 Å². The number of carbonyl (C=O) groups is 10. The van der Waals surface area contributed by atoms with Crippen molar-refractivity contribution in [2.45, 2.75) is 162 Å². The summed E-state index contributed by atoms with van der Waals surface area (Å²) in [7, 11) is 0. The molecule has 23 nitrogen and oxygen atoms in total. The number of nitrogens with zero attached hydrogens (tertiary/aromatic N) is 2. The van der Waals surface area contributed by atoms with E-state index in [-0.39, 0.29) is 74.5 Å². The van der Waals surface area contributed by atoms with Crippen molar-refractivity contribution in [1.29, 1.82) is 0 Å². The van der Waals surface area contributed by atoms with Gasteiger partial charge in [-0.15, -0.1) is 0 Å². The van der Waals surface area contributed by atoms with E-state index < -0.39 is 120 Å². The molecule has 0 aliphatic carbocycles. The average Bonchev–Trinajstić information content (AvgIpc) is 3.97. The number of nitrogens with two attached hydrogens (primary N) is 1. The molecular weight excluding hydrogens is 919 g/mol. The zero-order valence-electron chi connectivity index (χ0n) is 41.0. The number of nitrogens with one attached hydrogen (secondary N) is 8. The number of carboxylic acids is 2. The molecule has 1 saturated heterocycles. The van der Waals surface area contributed by atoms with Gasteiger partial charge in [0.05, 0.1) is 18.9 Å². The first-order chi connectivity index (χ1) is 32.3. The number of thiol groups is 1. The monoisotopic (exact) mass is 994 g/mol. The molecule has 0 saturated carbocycles. The molecule has 1 aliphatic heterocycles. The zero-order valence-corrected chi connectivity index (χ0v) is 41.9. The highest BCUT2D eigenvalue weighted by Gasteiger charge is 2.40. The van der Waals surface area contributed by atoms with Crippen molar-refractivity contribution in [3.8, 4) is 0 Å². The minimum absolute atomic E-state index is 0.0695. The first kappa shape index (κ1) is 59.3. The van der Waals surface area contributed by atoms with Gasteiger partial charge < -0.3 is 63.0 Å². The maximum Gasteiger partial charge on any atom is 0.327 e. The zero-order chi connectivity index (χ0) is 52.1. The molecule has 8 atom stereocenters. The molecule has 2 heterocycles. The van der Waals surface area contributed by atoms with E-state index in [0.29, 0.717) is 18.5 Å². The maximum atomic E-state index is 14.2. The van der Waals surface area contributed by atoms with Crippen molar-refractivity contribution in [3.63, 3.8) is 0 Å². The molecule has 24 heteroatoms. The lowest BCUT2D eigenvalue weighted by Crippen LogP contribution is -2.59. The number of aromatic nitrogens is 2. The molecule has 0 bridgehead atoms.